The van der Waals surface area contributed by atoms with Gasteiger partial charge in [-0.3, -0.25) is 19.0 Å². The van der Waals surface area contributed by atoms with Crippen LogP contribution in [-0.2, 0) is 28.7 Å². The number of halogens is 3. The maximum atomic E-state index is 13.6. The number of benzene rings is 2. The van der Waals surface area contributed by atoms with Gasteiger partial charge < -0.3 is 21.3 Å². The Bertz CT molecular complexity index is 1450. The summed E-state index contributed by atoms with van der Waals surface area (Å²) in [5, 5.41) is 5.64. The Morgan fingerprint density at radius 2 is 1.85 bits per heavy atom. The highest BCUT2D eigenvalue weighted by molar-refractivity contribution is 5.93. The molecule has 2 atom stereocenters. The average Bonchev–Trinajstić information content (AvgIpc) is 3.20. The van der Waals surface area contributed by atoms with E-state index in [-0.39, 0.29) is 42.2 Å². The Morgan fingerprint density at radius 1 is 1.15 bits per heavy atom. The number of hydrogen-bond acceptors (Lipinski definition) is 6. The highest BCUT2D eigenvalue weighted by atomic mass is 19.4. The number of fused-ring (bicyclic) bond motifs is 1. The second-order valence-corrected chi connectivity index (χ2v) is 9.74. The number of carbonyl (C=O) groups excluding carboxylic acids is 2. The van der Waals surface area contributed by atoms with Crippen molar-refractivity contribution in [3.63, 3.8) is 0 Å². The van der Waals surface area contributed by atoms with E-state index < -0.39 is 35.2 Å². The number of primary amides is 1. The fraction of sp³-hybridized carbons (Fsp3) is 0.333. The van der Waals surface area contributed by atoms with Crippen molar-refractivity contribution in [1.29, 1.82) is 0 Å². The van der Waals surface area contributed by atoms with Crippen molar-refractivity contribution in [3.8, 4) is 0 Å². The smallest absolute Gasteiger partial charge is 0.378 e. The van der Waals surface area contributed by atoms with E-state index in [1.165, 1.54) is 16.7 Å². The lowest BCUT2D eigenvalue weighted by atomic mass is 10.1. The molecule has 2 aromatic carbocycles. The van der Waals surface area contributed by atoms with Crippen LogP contribution < -0.4 is 26.8 Å². The van der Waals surface area contributed by atoms with E-state index in [0.29, 0.717) is 11.5 Å². The fourth-order valence-corrected chi connectivity index (χ4v) is 4.59. The van der Waals surface area contributed by atoms with Gasteiger partial charge in [0.25, 0.3) is 5.56 Å². The molecule has 1 aromatic heterocycles. The summed E-state index contributed by atoms with van der Waals surface area (Å²) in [6.07, 6.45) is -4.53. The second kappa shape index (κ2) is 10.8. The quantitative estimate of drug-likeness (QED) is 0.400. The molecule has 2 heterocycles. The van der Waals surface area contributed by atoms with Gasteiger partial charge in [0.1, 0.15) is 17.6 Å². The van der Waals surface area contributed by atoms with Gasteiger partial charge in [0.05, 0.1) is 17.7 Å². The zero-order valence-corrected chi connectivity index (χ0v) is 21.7. The lowest BCUT2D eigenvalue weighted by molar-refractivity contribution is -0.137. The van der Waals surface area contributed by atoms with Gasteiger partial charge in [-0.2, -0.15) is 13.2 Å². The number of amides is 2. The summed E-state index contributed by atoms with van der Waals surface area (Å²) in [6, 6.07) is 10.9. The van der Waals surface area contributed by atoms with E-state index in [2.05, 4.69) is 15.6 Å². The predicted molar refractivity (Wildman–Crippen MR) is 142 cm³/mol. The molecule has 4 N–H and O–H groups in total. The molecule has 0 radical (unpaired) electrons. The Kier molecular flexibility index (Phi) is 7.66. The van der Waals surface area contributed by atoms with Crippen molar-refractivity contribution in [2.75, 3.05) is 29.6 Å². The van der Waals surface area contributed by atoms with Crippen molar-refractivity contribution in [1.82, 2.24) is 9.55 Å². The molecule has 0 saturated heterocycles. The first kappa shape index (κ1) is 27.7. The number of carbonyl (C=O) groups is 2. The van der Waals surface area contributed by atoms with Crippen LogP contribution in [0.1, 0.15) is 47.9 Å². The molecule has 0 bridgehead atoms. The Hall–Kier alpha value is -4.35. The van der Waals surface area contributed by atoms with Crippen LogP contribution in [-0.4, -0.2) is 35.5 Å². The van der Waals surface area contributed by atoms with Crippen LogP contribution in [0, 0.1) is 0 Å². The zero-order valence-electron chi connectivity index (χ0n) is 21.7. The molecular weight excluding hydrogens is 513 g/mol. The number of alkyl halides is 3. The molecule has 0 spiro atoms. The molecule has 0 aliphatic carbocycles. The lowest BCUT2D eigenvalue weighted by Crippen LogP contribution is -2.35. The van der Waals surface area contributed by atoms with Crippen LogP contribution in [0.2, 0.25) is 0 Å². The summed E-state index contributed by atoms with van der Waals surface area (Å²) in [4.78, 5) is 45.0. The molecule has 206 valence electrons. The minimum absolute atomic E-state index is 0.0744. The third-order valence-corrected chi connectivity index (χ3v) is 6.59. The van der Waals surface area contributed by atoms with Gasteiger partial charge in [-0.15, -0.1) is 0 Å². The Labute approximate surface area is 222 Å². The minimum Gasteiger partial charge on any atom is -0.378 e. The van der Waals surface area contributed by atoms with Crippen LogP contribution in [0.25, 0.3) is 0 Å². The number of nitrogens with two attached hydrogens (primary N) is 1. The number of rotatable bonds is 8. The normalized spacial score (nSPS) is 16.5. The number of nitrogens with one attached hydrogen (secondary N) is 2. The van der Waals surface area contributed by atoms with Gasteiger partial charge in [0, 0.05) is 37.9 Å². The van der Waals surface area contributed by atoms with E-state index in [9.17, 15) is 27.6 Å². The van der Waals surface area contributed by atoms with Gasteiger partial charge in [-0.25, -0.2) is 4.98 Å². The van der Waals surface area contributed by atoms with E-state index in [1.54, 1.807) is 19.1 Å². The molecule has 4 rings (SSSR count). The average molecular weight is 543 g/mol. The van der Waals surface area contributed by atoms with Crippen LogP contribution >= 0.6 is 0 Å². The summed E-state index contributed by atoms with van der Waals surface area (Å²) in [7, 11) is 3.78. The van der Waals surface area contributed by atoms with Crippen LogP contribution in [0.4, 0.5) is 30.2 Å². The lowest BCUT2D eigenvalue weighted by Gasteiger charge is -2.17. The molecule has 9 nitrogen and oxygen atoms in total. The zero-order chi connectivity index (χ0) is 28.5. The summed E-state index contributed by atoms with van der Waals surface area (Å²) in [5.41, 5.74) is 5.90. The third-order valence-electron chi connectivity index (χ3n) is 6.59. The van der Waals surface area contributed by atoms with Crippen molar-refractivity contribution < 1.29 is 22.8 Å². The topological polar surface area (TPSA) is 122 Å². The molecule has 1 aliphatic heterocycles. The fourth-order valence-electron chi connectivity index (χ4n) is 4.59. The summed E-state index contributed by atoms with van der Waals surface area (Å²) >= 11 is 0. The highest BCUT2D eigenvalue weighted by Gasteiger charge is 2.36. The van der Waals surface area contributed by atoms with Gasteiger partial charge in [-0.05, 0) is 48.4 Å². The van der Waals surface area contributed by atoms with Crippen LogP contribution in [0.15, 0.2) is 53.3 Å². The largest absolute Gasteiger partial charge is 0.416 e. The molecule has 0 fully saturated rings. The van der Waals surface area contributed by atoms with Crippen LogP contribution in [0.3, 0.4) is 0 Å². The SMILES string of the molecule is CC1CC(C(N)=O)n2c1nc(CC(=O)Nc1ccc(N(C)C)cc1)c(NCc1cccc(C(F)(F)F)c1)c2=O. The first-order valence-corrected chi connectivity index (χ1v) is 12.3. The molecule has 39 heavy (non-hydrogen) atoms. The van der Waals surface area contributed by atoms with Crippen molar-refractivity contribution in [2.24, 2.45) is 5.73 Å². The van der Waals surface area contributed by atoms with E-state index in [0.717, 1.165) is 17.8 Å². The molecule has 1 aliphatic rings. The standard InChI is InChI=1S/C27H29F3N6O3/c1-15-11-21(24(31)38)36-25(15)34-20(13-22(37)33-18-7-9-19(10-8-18)35(2)3)23(26(36)39)32-14-16-5-4-6-17(12-16)27(28,29)30/h4-10,12,15,21,32H,11,13-14H2,1-3H3,(H2,31,38)(H,33,37). The predicted octanol–water partition coefficient (Wildman–Crippen LogP) is 3.66. The molecule has 0 saturated carbocycles. The third kappa shape index (κ3) is 6.05. The van der Waals surface area contributed by atoms with Crippen molar-refractivity contribution in [3.05, 3.63) is 81.5 Å². The van der Waals surface area contributed by atoms with E-state index in [1.807, 2.05) is 31.1 Å². The van der Waals surface area contributed by atoms with Crippen molar-refractivity contribution >= 4 is 28.9 Å². The van der Waals surface area contributed by atoms with Gasteiger partial charge in [0.2, 0.25) is 11.8 Å². The highest BCUT2D eigenvalue weighted by Crippen LogP contribution is 2.34. The van der Waals surface area contributed by atoms with Crippen molar-refractivity contribution in [2.45, 2.75) is 44.4 Å². The maximum Gasteiger partial charge on any atom is 0.416 e. The number of anilines is 3. The summed E-state index contributed by atoms with van der Waals surface area (Å²) in [6.45, 7) is 1.66. The van der Waals surface area contributed by atoms with E-state index in [4.69, 9.17) is 5.73 Å². The minimum atomic E-state index is -4.52. The van der Waals surface area contributed by atoms with Gasteiger partial charge in [-0.1, -0.05) is 19.1 Å². The second-order valence-electron chi connectivity index (χ2n) is 9.74. The van der Waals surface area contributed by atoms with Crippen LogP contribution in [0.5, 0.6) is 0 Å². The van der Waals surface area contributed by atoms with Gasteiger partial charge in [0.15, 0.2) is 0 Å². The number of nitrogens with zero attached hydrogens (tertiary/aromatic N) is 3. The molecule has 2 unspecified atom stereocenters. The Balaban J connectivity index is 1.66. The molecule has 3 aromatic rings. The first-order valence-electron chi connectivity index (χ1n) is 12.3. The molecular formula is C27H29F3N6O3. The molecule has 12 heteroatoms. The number of aromatic nitrogens is 2. The maximum absolute atomic E-state index is 13.6. The number of hydrogen-bond donors (Lipinski definition) is 3. The Morgan fingerprint density at radius 3 is 2.46 bits per heavy atom. The summed E-state index contributed by atoms with van der Waals surface area (Å²) in [5.74, 6) is -1.08. The van der Waals surface area contributed by atoms with E-state index >= 15 is 0 Å². The molecule has 2 amide bonds. The first-order chi connectivity index (χ1) is 18.3. The van der Waals surface area contributed by atoms with Gasteiger partial charge >= 0.3 is 6.18 Å². The summed E-state index contributed by atoms with van der Waals surface area (Å²) < 4.78 is 40.7. The monoisotopic (exact) mass is 542 g/mol.